The van der Waals surface area contributed by atoms with E-state index in [1.807, 2.05) is 54.0 Å². The highest BCUT2D eigenvalue weighted by atomic mass is 16.2. The number of imidazole rings is 1. The van der Waals surface area contributed by atoms with Gasteiger partial charge in [0, 0.05) is 13.6 Å². The third-order valence-corrected chi connectivity index (χ3v) is 5.39. The summed E-state index contributed by atoms with van der Waals surface area (Å²) in [6.45, 7) is 4.71. The number of hydrogen-bond donors (Lipinski definition) is 2. The summed E-state index contributed by atoms with van der Waals surface area (Å²) in [4.78, 5) is 31.5. The summed E-state index contributed by atoms with van der Waals surface area (Å²) >= 11 is 0. The van der Waals surface area contributed by atoms with Gasteiger partial charge < -0.3 is 4.57 Å². The van der Waals surface area contributed by atoms with E-state index in [1.165, 1.54) is 30.3 Å². The summed E-state index contributed by atoms with van der Waals surface area (Å²) in [6, 6.07) is 9.98. The molecule has 8 heteroatoms. The van der Waals surface area contributed by atoms with Gasteiger partial charge in [0.1, 0.15) is 0 Å². The van der Waals surface area contributed by atoms with Crippen molar-refractivity contribution in [3.63, 3.8) is 0 Å². The van der Waals surface area contributed by atoms with Gasteiger partial charge in [0.2, 0.25) is 5.95 Å². The van der Waals surface area contributed by atoms with E-state index in [1.54, 1.807) is 7.05 Å². The Morgan fingerprint density at radius 3 is 2.59 bits per heavy atom. The van der Waals surface area contributed by atoms with Crippen LogP contribution >= 0.6 is 0 Å². The molecule has 0 atom stereocenters. The number of nitrogens with zero attached hydrogens (tertiary/aromatic N) is 4. The molecule has 0 aliphatic rings. The molecule has 8 nitrogen and oxygen atoms in total. The maximum Gasteiger partial charge on any atom is 0.329 e. The minimum Gasteiger partial charge on any atom is -0.303 e. The predicted molar refractivity (Wildman–Crippen MR) is 131 cm³/mol. The van der Waals surface area contributed by atoms with Crippen LogP contribution in [0.15, 0.2) is 51.1 Å². The molecule has 32 heavy (non-hydrogen) atoms. The van der Waals surface area contributed by atoms with E-state index < -0.39 is 11.2 Å². The fourth-order valence-electron chi connectivity index (χ4n) is 3.54. The number of benzene rings is 1. The van der Waals surface area contributed by atoms with Crippen molar-refractivity contribution in [3.8, 4) is 0 Å². The number of allylic oxidation sites excluding steroid dienone is 1. The molecule has 3 aromatic rings. The molecule has 1 aromatic carbocycles. The zero-order valence-corrected chi connectivity index (χ0v) is 19.1. The zero-order valence-electron chi connectivity index (χ0n) is 19.1. The lowest BCUT2D eigenvalue weighted by atomic mass is 10.1. The van der Waals surface area contributed by atoms with Crippen LogP contribution in [-0.4, -0.2) is 24.8 Å². The van der Waals surface area contributed by atoms with Crippen molar-refractivity contribution in [2.75, 3.05) is 5.43 Å². The van der Waals surface area contributed by atoms with Gasteiger partial charge in [0.05, 0.1) is 5.71 Å². The molecule has 3 rings (SSSR count). The Balaban J connectivity index is 1.83. The fourth-order valence-corrected chi connectivity index (χ4v) is 3.54. The first-order chi connectivity index (χ1) is 15.5. The Kier molecular flexibility index (Phi) is 8.19. The quantitative estimate of drug-likeness (QED) is 0.266. The number of hydrogen-bond acceptors (Lipinski definition) is 5. The maximum atomic E-state index is 12.6. The molecule has 0 unspecified atom stereocenters. The molecule has 0 fully saturated rings. The molecule has 2 N–H and O–H groups in total. The van der Waals surface area contributed by atoms with Crippen molar-refractivity contribution in [1.82, 2.24) is 19.1 Å². The highest BCUT2D eigenvalue weighted by Crippen LogP contribution is 2.17. The number of anilines is 1. The Labute approximate surface area is 187 Å². The standard InChI is InChI=1S/C24H32N6O2/c1-4-5-6-7-8-12-17-30-20-21(29(3)24(32)26-22(20)31)25-23(30)28-27-18(2)15-16-19-13-10-9-11-14-19/h9-11,13-16H,4-8,12,17H2,1-3H3,(H,25,28)(H,26,31,32)/b16-15-,27-18+. The topological polar surface area (TPSA) is 97.1 Å². The van der Waals surface area contributed by atoms with Gasteiger partial charge in [0.25, 0.3) is 5.56 Å². The van der Waals surface area contributed by atoms with Gasteiger partial charge in [-0.15, -0.1) is 0 Å². The molecule has 0 aliphatic carbocycles. The van der Waals surface area contributed by atoms with Crippen LogP contribution in [0, 0.1) is 0 Å². The molecule has 0 aliphatic heterocycles. The second-order valence-corrected chi connectivity index (χ2v) is 7.95. The van der Waals surface area contributed by atoms with E-state index in [4.69, 9.17) is 0 Å². The van der Waals surface area contributed by atoms with Crippen molar-refractivity contribution < 1.29 is 0 Å². The number of aromatic amines is 1. The van der Waals surface area contributed by atoms with E-state index >= 15 is 0 Å². The van der Waals surface area contributed by atoms with Gasteiger partial charge in [0.15, 0.2) is 11.2 Å². The highest BCUT2D eigenvalue weighted by Gasteiger charge is 2.17. The largest absolute Gasteiger partial charge is 0.329 e. The summed E-state index contributed by atoms with van der Waals surface area (Å²) in [7, 11) is 1.60. The minimum absolute atomic E-state index is 0.347. The van der Waals surface area contributed by atoms with Crippen LogP contribution in [0.3, 0.4) is 0 Å². The first-order valence-corrected chi connectivity index (χ1v) is 11.2. The zero-order chi connectivity index (χ0) is 22.9. The van der Waals surface area contributed by atoms with Crippen molar-refractivity contribution >= 4 is 28.9 Å². The molecule has 170 valence electrons. The monoisotopic (exact) mass is 436 g/mol. The van der Waals surface area contributed by atoms with E-state index in [9.17, 15) is 9.59 Å². The van der Waals surface area contributed by atoms with Gasteiger partial charge in [-0.3, -0.25) is 14.3 Å². The second kappa shape index (κ2) is 11.3. The van der Waals surface area contributed by atoms with Crippen LogP contribution in [0.2, 0.25) is 0 Å². The first-order valence-electron chi connectivity index (χ1n) is 11.2. The first kappa shape index (κ1) is 23.2. The van der Waals surface area contributed by atoms with E-state index in [-0.39, 0.29) is 0 Å². The van der Waals surface area contributed by atoms with Gasteiger partial charge in [-0.2, -0.15) is 10.1 Å². The van der Waals surface area contributed by atoms with Gasteiger partial charge >= 0.3 is 5.69 Å². The molecule has 0 saturated heterocycles. The van der Waals surface area contributed by atoms with Crippen LogP contribution in [0.1, 0.15) is 57.9 Å². The number of hydrazone groups is 1. The van der Waals surface area contributed by atoms with Gasteiger partial charge in [-0.25, -0.2) is 10.2 Å². The third-order valence-electron chi connectivity index (χ3n) is 5.39. The number of H-pyrrole nitrogens is 1. The number of unbranched alkanes of at least 4 members (excludes halogenated alkanes) is 5. The lowest BCUT2D eigenvalue weighted by molar-refractivity contribution is 0.565. The molecular formula is C24H32N6O2. The van der Waals surface area contributed by atoms with Crippen molar-refractivity contribution in [2.45, 2.75) is 58.9 Å². The van der Waals surface area contributed by atoms with Crippen molar-refractivity contribution in [2.24, 2.45) is 12.1 Å². The second-order valence-electron chi connectivity index (χ2n) is 7.95. The number of aryl methyl sites for hydroxylation is 2. The molecule has 0 spiro atoms. The number of nitrogens with one attached hydrogen (secondary N) is 2. The van der Waals surface area contributed by atoms with Crippen LogP contribution in [0.25, 0.3) is 17.2 Å². The van der Waals surface area contributed by atoms with Crippen LogP contribution in [-0.2, 0) is 13.6 Å². The summed E-state index contributed by atoms with van der Waals surface area (Å²) in [5.41, 5.74) is 4.65. The Bertz CT molecular complexity index is 1200. The van der Waals surface area contributed by atoms with Gasteiger partial charge in [-0.1, -0.05) is 75.4 Å². The fraction of sp³-hybridized carbons (Fsp3) is 0.417. The van der Waals surface area contributed by atoms with Crippen LogP contribution < -0.4 is 16.7 Å². The summed E-state index contributed by atoms with van der Waals surface area (Å²) in [6.07, 6.45) is 10.7. The van der Waals surface area contributed by atoms with Crippen molar-refractivity contribution in [1.29, 1.82) is 0 Å². The Morgan fingerprint density at radius 2 is 1.84 bits per heavy atom. The van der Waals surface area contributed by atoms with E-state index in [0.29, 0.717) is 23.7 Å². The molecule has 2 aromatic heterocycles. The number of fused-ring (bicyclic) bond motifs is 1. The van der Waals surface area contributed by atoms with E-state index in [0.717, 1.165) is 24.1 Å². The minimum atomic E-state index is -0.483. The number of aromatic nitrogens is 4. The Morgan fingerprint density at radius 1 is 1.12 bits per heavy atom. The molecule has 2 heterocycles. The number of rotatable bonds is 11. The molecule has 0 amide bonds. The lowest BCUT2D eigenvalue weighted by Crippen LogP contribution is -2.29. The molecule has 0 saturated carbocycles. The third kappa shape index (κ3) is 5.84. The average Bonchev–Trinajstić information content (AvgIpc) is 3.17. The van der Waals surface area contributed by atoms with Crippen LogP contribution in [0.5, 0.6) is 0 Å². The molecule has 0 bridgehead atoms. The molecule has 0 radical (unpaired) electrons. The molecular weight excluding hydrogens is 404 g/mol. The van der Waals surface area contributed by atoms with Crippen molar-refractivity contribution in [3.05, 3.63) is 62.8 Å². The maximum absolute atomic E-state index is 12.6. The highest BCUT2D eigenvalue weighted by molar-refractivity contribution is 5.96. The van der Waals surface area contributed by atoms with Crippen LogP contribution in [0.4, 0.5) is 5.95 Å². The summed E-state index contributed by atoms with van der Waals surface area (Å²) in [5.74, 6) is 0.452. The Hall–Kier alpha value is -3.42. The summed E-state index contributed by atoms with van der Waals surface area (Å²) < 4.78 is 3.18. The average molecular weight is 437 g/mol. The van der Waals surface area contributed by atoms with Gasteiger partial charge in [-0.05, 0) is 25.0 Å². The normalized spacial score (nSPS) is 12.2. The predicted octanol–water partition coefficient (Wildman–Crippen LogP) is 4.29. The SMILES string of the molecule is CCCCCCCCn1c(N/N=C(C)/C=C\c2ccccc2)nc2c1c(=O)[nH]c(=O)n2C. The smallest absolute Gasteiger partial charge is 0.303 e. The lowest BCUT2D eigenvalue weighted by Gasteiger charge is -2.08. The van der Waals surface area contributed by atoms with E-state index in [2.05, 4.69) is 27.4 Å². The summed E-state index contributed by atoms with van der Waals surface area (Å²) in [5, 5.41) is 4.41.